The number of hydrogen-bond acceptors (Lipinski definition) is 4. The third-order valence-electron chi connectivity index (χ3n) is 3.97. The van der Waals surface area contributed by atoms with E-state index in [1.165, 1.54) is 19.2 Å². The summed E-state index contributed by atoms with van der Waals surface area (Å²) in [6.07, 6.45) is 5.81. The fourth-order valence-electron chi connectivity index (χ4n) is 2.71. The highest BCUT2D eigenvalue weighted by molar-refractivity contribution is 6.35. The molecule has 0 spiro atoms. The smallest absolute Gasteiger partial charge is 0.272 e. The van der Waals surface area contributed by atoms with E-state index in [0.717, 1.165) is 25.9 Å². The van der Waals surface area contributed by atoms with Gasteiger partial charge in [0.15, 0.2) is 0 Å². The van der Waals surface area contributed by atoms with Gasteiger partial charge in [-0.2, -0.15) is 0 Å². The molecule has 1 saturated heterocycles. The second kappa shape index (κ2) is 7.81. The van der Waals surface area contributed by atoms with E-state index in [1.807, 2.05) is 4.90 Å². The number of anilines is 2. The molecule has 0 bridgehead atoms. The Kier molecular flexibility index (Phi) is 5.53. The second-order valence-electron chi connectivity index (χ2n) is 5.74. The van der Waals surface area contributed by atoms with Crippen molar-refractivity contribution in [1.82, 2.24) is 14.9 Å². The largest absolute Gasteiger partial charge is 0.339 e. The lowest BCUT2D eigenvalue weighted by atomic mass is 10.2. The van der Waals surface area contributed by atoms with Crippen LogP contribution in [0.3, 0.4) is 0 Å². The van der Waals surface area contributed by atoms with Crippen molar-refractivity contribution in [3.63, 3.8) is 0 Å². The molecule has 1 aromatic carbocycles. The maximum Gasteiger partial charge on any atom is 0.272 e. The van der Waals surface area contributed by atoms with Crippen molar-refractivity contribution in [3.05, 3.63) is 46.3 Å². The summed E-state index contributed by atoms with van der Waals surface area (Å²) in [5.41, 5.74) is 1.02. The number of benzene rings is 1. The molecule has 1 amide bonds. The summed E-state index contributed by atoms with van der Waals surface area (Å²) in [6, 6.07) is 6.77. The van der Waals surface area contributed by atoms with Gasteiger partial charge in [-0.25, -0.2) is 9.97 Å². The van der Waals surface area contributed by atoms with Crippen LogP contribution in [0.5, 0.6) is 0 Å². The minimum Gasteiger partial charge on any atom is -0.339 e. The van der Waals surface area contributed by atoms with Crippen molar-refractivity contribution in [1.29, 1.82) is 0 Å². The molecule has 0 saturated carbocycles. The molecule has 5 nitrogen and oxygen atoms in total. The minimum absolute atomic E-state index is 0.0560. The number of nitrogens with one attached hydrogen (secondary N) is 1. The maximum atomic E-state index is 12.6. The molecule has 1 N–H and O–H groups in total. The number of carbonyl (C=O) groups is 1. The van der Waals surface area contributed by atoms with E-state index in [9.17, 15) is 4.79 Å². The zero-order chi connectivity index (χ0) is 16.9. The van der Waals surface area contributed by atoms with Gasteiger partial charge in [0.05, 0.1) is 10.7 Å². The van der Waals surface area contributed by atoms with Gasteiger partial charge in [-0.1, -0.05) is 36.0 Å². The second-order valence-corrected chi connectivity index (χ2v) is 6.59. The first-order valence-electron chi connectivity index (χ1n) is 7.97. The fourth-order valence-corrected chi connectivity index (χ4v) is 3.05. The minimum atomic E-state index is -0.0560. The molecule has 2 heterocycles. The van der Waals surface area contributed by atoms with Gasteiger partial charge in [0.2, 0.25) is 0 Å². The topological polar surface area (TPSA) is 58.1 Å². The highest BCUT2D eigenvalue weighted by atomic mass is 35.5. The number of carbonyl (C=O) groups excluding carboxylic acids is 1. The Balaban J connectivity index is 1.78. The van der Waals surface area contributed by atoms with Gasteiger partial charge >= 0.3 is 0 Å². The Morgan fingerprint density at radius 2 is 1.79 bits per heavy atom. The van der Waals surface area contributed by atoms with Crippen molar-refractivity contribution in [2.45, 2.75) is 25.7 Å². The first-order valence-corrected chi connectivity index (χ1v) is 8.72. The summed E-state index contributed by atoms with van der Waals surface area (Å²) in [7, 11) is 0. The Bertz CT molecular complexity index is 730. The zero-order valence-corrected chi connectivity index (χ0v) is 14.6. The lowest BCUT2D eigenvalue weighted by Gasteiger charge is -2.19. The lowest BCUT2D eigenvalue weighted by Crippen LogP contribution is -2.32. The van der Waals surface area contributed by atoms with Crippen molar-refractivity contribution >= 4 is 40.6 Å². The molecular weight excluding hydrogens is 347 g/mol. The molecule has 1 aliphatic heterocycles. The Labute approximate surface area is 151 Å². The average Bonchev–Trinajstić information content (AvgIpc) is 2.87. The SMILES string of the molecule is O=C(c1cc(Nc2cc(Cl)ccc2Cl)ncn1)N1CCCCCC1. The average molecular weight is 365 g/mol. The highest BCUT2D eigenvalue weighted by Crippen LogP contribution is 2.28. The first kappa shape index (κ1) is 17.0. The van der Waals surface area contributed by atoms with E-state index < -0.39 is 0 Å². The fraction of sp³-hybridized carbons (Fsp3) is 0.353. The molecule has 1 aliphatic rings. The van der Waals surface area contributed by atoms with Crippen LogP contribution in [-0.4, -0.2) is 33.9 Å². The number of hydrogen-bond donors (Lipinski definition) is 1. The molecule has 0 unspecified atom stereocenters. The predicted molar refractivity (Wildman–Crippen MR) is 96.1 cm³/mol. The van der Waals surface area contributed by atoms with E-state index >= 15 is 0 Å². The zero-order valence-electron chi connectivity index (χ0n) is 13.1. The molecule has 126 valence electrons. The lowest BCUT2D eigenvalue weighted by molar-refractivity contribution is 0.0755. The van der Waals surface area contributed by atoms with E-state index in [2.05, 4.69) is 15.3 Å². The van der Waals surface area contributed by atoms with Crippen LogP contribution < -0.4 is 5.32 Å². The van der Waals surface area contributed by atoms with Gasteiger partial charge in [0.25, 0.3) is 5.91 Å². The van der Waals surface area contributed by atoms with Gasteiger partial charge < -0.3 is 10.2 Å². The summed E-state index contributed by atoms with van der Waals surface area (Å²) in [5, 5.41) is 4.18. The van der Waals surface area contributed by atoms with Crippen LogP contribution in [0, 0.1) is 0 Å². The van der Waals surface area contributed by atoms with E-state index in [-0.39, 0.29) is 5.91 Å². The number of likely N-dealkylation sites (tertiary alicyclic amines) is 1. The van der Waals surface area contributed by atoms with E-state index in [1.54, 1.807) is 24.3 Å². The van der Waals surface area contributed by atoms with E-state index in [4.69, 9.17) is 23.2 Å². The summed E-state index contributed by atoms with van der Waals surface area (Å²) < 4.78 is 0. The van der Waals surface area contributed by atoms with Crippen molar-refractivity contribution in [2.24, 2.45) is 0 Å². The van der Waals surface area contributed by atoms with Crippen LogP contribution in [0.4, 0.5) is 11.5 Å². The first-order chi connectivity index (χ1) is 11.6. The number of halogens is 2. The molecule has 24 heavy (non-hydrogen) atoms. The molecular formula is C17H18Cl2N4O. The van der Waals surface area contributed by atoms with Crippen LogP contribution in [0.25, 0.3) is 0 Å². The Morgan fingerprint density at radius 3 is 2.54 bits per heavy atom. The van der Waals surface area contributed by atoms with Crippen LogP contribution in [0.1, 0.15) is 36.2 Å². The molecule has 0 aliphatic carbocycles. The Hall–Kier alpha value is -1.85. The summed E-state index contributed by atoms with van der Waals surface area (Å²) in [5.74, 6) is 0.451. The molecule has 1 aromatic heterocycles. The quantitative estimate of drug-likeness (QED) is 0.867. The van der Waals surface area contributed by atoms with Crippen LogP contribution in [-0.2, 0) is 0 Å². The van der Waals surface area contributed by atoms with Crippen molar-refractivity contribution in [3.8, 4) is 0 Å². The summed E-state index contributed by atoms with van der Waals surface area (Å²) >= 11 is 12.1. The van der Waals surface area contributed by atoms with Crippen LogP contribution in [0.2, 0.25) is 10.0 Å². The summed E-state index contributed by atoms with van der Waals surface area (Å²) in [6.45, 7) is 1.57. The molecule has 1 fully saturated rings. The normalized spacial score (nSPS) is 15.0. The molecule has 2 aromatic rings. The van der Waals surface area contributed by atoms with Crippen LogP contribution >= 0.6 is 23.2 Å². The monoisotopic (exact) mass is 364 g/mol. The van der Waals surface area contributed by atoms with Gasteiger partial charge in [0.1, 0.15) is 17.8 Å². The van der Waals surface area contributed by atoms with Crippen molar-refractivity contribution in [2.75, 3.05) is 18.4 Å². The third kappa shape index (κ3) is 4.16. The van der Waals surface area contributed by atoms with Crippen molar-refractivity contribution < 1.29 is 4.79 Å². The molecule has 7 heteroatoms. The number of amides is 1. The molecule has 3 rings (SSSR count). The molecule has 0 atom stereocenters. The molecule has 0 radical (unpaired) electrons. The summed E-state index contributed by atoms with van der Waals surface area (Å²) in [4.78, 5) is 22.8. The highest BCUT2D eigenvalue weighted by Gasteiger charge is 2.19. The predicted octanol–water partition coefficient (Wildman–Crippen LogP) is 4.54. The van der Waals surface area contributed by atoms with E-state index in [0.29, 0.717) is 27.2 Å². The van der Waals surface area contributed by atoms with Gasteiger partial charge in [-0.3, -0.25) is 4.79 Å². The van der Waals surface area contributed by atoms with Gasteiger partial charge in [0, 0.05) is 24.2 Å². The van der Waals surface area contributed by atoms with Gasteiger partial charge in [-0.15, -0.1) is 0 Å². The number of nitrogens with zero attached hydrogens (tertiary/aromatic N) is 3. The van der Waals surface area contributed by atoms with Gasteiger partial charge in [-0.05, 0) is 31.0 Å². The number of aromatic nitrogens is 2. The number of rotatable bonds is 3. The Morgan fingerprint density at radius 1 is 1.04 bits per heavy atom. The third-order valence-corrected chi connectivity index (χ3v) is 4.54. The van der Waals surface area contributed by atoms with Crippen LogP contribution in [0.15, 0.2) is 30.6 Å². The maximum absolute atomic E-state index is 12.6. The standard InChI is InChI=1S/C17H18Cl2N4O/c18-12-5-6-13(19)14(9-12)22-16-10-15(20-11-21-16)17(24)23-7-3-1-2-4-8-23/h5-6,9-11H,1-4,7-8H2,(H,20,21,22).